The zero-order chi connectivity index (χ0) is 29.1. The van der Waals surface area contributed by atoms with Crippen LogP contribution in [-0.4, -0.2) is 81.3 Å². The Balaban J connectivity index is 1.81. The quantitative estimate of drug-likeness (QED) is 0.0755. The summed E-state index contributed by atoms with van der Waals surface area (Å²) in [5, 5.41) is 4.67. The number of nitrogens with one attached hydrogen (secondary N) is 2. The number of hydrogen-bond donors (Lipinski definition) is 3. The van der Waals surface area contributed by atoms with E-state index in [9.17, 15) is 28.5 Å². The second kappa shape index (κ2) is 15.0. The smallest absolute Gasteiger partial charge is 0.469 e. The molecule has 0 aliphatic carbocycles. The predicted octanol–water partition coefficient (Wildman–Crippen LogP) is 1.64. The van der Waals surface area contributed by atoms with Crippen LogP contribution in [0.1, 0.15) is 30.6 Å². The minimum Gasteiger partial charge on any atom is -0.469 e. The number of carbonyl (C=O) groups is 5. The van der Waals surface area contributed by atoms with Crippen LogP contribution in [0.25, 0.3) is 0 Å². The number of phosphoric acid groups is 1. The first kappa shape index (κ1) is 32.2. The van der Waals surface area contributed by atoms with Gasteiger partial charge in [0.05, 0.1) is 20.1 Å². The van der Waals surface area contributed by atoms with E-state index in [0.717, 1.165) is 0 Å². The number of ketones is 1. The molecular weight excluding hydrogens is 559 g/mol. The first-order valence-electron chi connectivity index (χ1n) is 11.6. The minimum absolute atomic E-state index is 0.0358. The van der Waals surface area contributed by atoms with Crippen molar-refractivity contribution in [1.82, 2.24) is 10.6 Å². The number of esters is 2. The van der Waals surface area contributed by atoms with Gasteiger partial charge in [0.1, 0.15) is 6.04 Å². The van der Waals surface area contributed by atoms with Crippen molar-refractivity contribution in [2.24, 2.45) is 5.41 Å². The molecular formula is C23H31N2O12PS. The lowest BCUT2D eigenvalue weighted by Crippen LogP contribution is -2.50. The molecule has 2 amide bonds. The predicted molar refractivity (Wildman–Crippen MR) is 137 cm³/mol. The Morgan fingerprint density at radius 2 is 1.85 bits per heavy atom. The molecule has 1 aliphatic rings. The third kappa shape index (κ3) is 10.3. The number of phosphoric ester groups is 1. The molecule has 2 N–H and O–H groups in total. The van der Waals surface area contributed by atoms with Gasteiger partial charge in [-0.25, -0.2) is 18.7 Å². The maximum Gasteiger partial charge on any atom is 0.478 e. The number of Topliss-reactive ketones (excluding diaryl/α,β-unsaturated/α-hetero) is 1. The van der Waals surface area contributed by atoms with E-state index in [0.29, 0.717) is 5.56 Å². The van der Waals surface area contributed by atoms with Crippen molar-refractivity contribution in [3.05, 3.63) is 35.9 Å². The lowest BCUT2D eigenvalue weighted by molar-refractivity contribution is -0.144. The number of thiol groups is 1. The highest BCUT2D eigenvalue weighted by Gasteiger charge is 2.49. The van der Waals surface area contributed by atoms with Crippen LogP contribution in [-0.2, 0) is 46.7 Å². The fourth-order valence-corrected chi connectivity index (χ4v) is 4.78. The van der Waals surface area contributed by atoms with Gasteiger partial charge in [-0.05, 0) is 0 Å². The van der Waals surface area contributed by atoms with Crippen LogP contribution in [0.5, 0.6) is 0 Å². The third-order valence-corrected chi connectivity index (χ3v) is 6.94. The van der Waals surface area contributed by atoms with Crippen molar-refractivity contribution in [3.63, 3.8) is 0 Å². The summed E-state index contributed by atoms with van der Waals surface area (Å²) in [4.78, 5) is 60.2. The van der Waals surface area contributed by atoms with E-state index in [2.05, 4.69) is 28.0 Å². The van der Waals surface area contributed by atoms with Gasteiger partial charge in [0, 0.05) is 23.3 Å². The van der Waals surface area contributed by atoms with Crippen LogP contribution in [0.15, 0.2) is 30.3 Å². The Morgan fingerprint density at radius 3 is 2.49 bits per heavy atom. The largest absolute Gasteiger partial charge is 0.478 e. The molecule has 16 heteroatoms. The summed E-state index contributed by atoms with van der Waals surface area (Å²) in [5.74, 6) is -2.73. The molecule has 0 aromatic heterocycles. The molecule has 216 valence electrons. The highest BCUT2D eigenvalue weighted by Crippen LogP contribution is 2.57. The van der Waals surface area contributed by atoms with Crippen molar-refractivity contribution < 1.29 is 56.3 Å². The Labute approximate surface area is 230 Å². The van der Waals surface area contributed by atoms with Gasteiger partial charge in [0.25, 0.3) is 0 Å². The second-order valence-electron chi connectivity index (χ2n) is 8.77. The number of methoxy groups -OCH3 is 1. The molecule has 0 saturated carbocycles. The highest BCUT2D eigenvalue weighted by atomic mass is 32.1. The lowest BCUT2D eigenvalue weighted by Gasteiger charge is -2.39. The standard InChI is InChI=1S/C23H31N2O12PS/c1-23(2)13-35-38(31,37-19(23)20(28)24-10-9-18(27)32-3)36-14-34-22(30)25-16(12-39)21(29)33-11-17(26)15-7-5-4-6-8-15/h4-8,16,19,39H,9-14H2,1-3H3,(H,24,28)(H,25,30)/t16-,19-,38?/m0/s1. The Kier molecular flexibility index (Phi) is 12.4. The zero-order valence-corrected chi connectivity index (χ0v) is 23.4. The summed E-state index contributed by atoms with van der Waals surface area (Å²) in [5.41, 5.74) is -0.559. The van der Waals surface area contributed by atoms with E-state index in [1.165, 1.54) is 7.11 Å². The van der Waals surface area contributed by atoms with Crippen molar-refractivity contribution in [2.45, 2.75) is 32.4 Å². The van der Waals surface area contributed by atoms with Gasteiger partial charge in [-0.3, -0.25) is 23.4 Å². The molecule has 1 saturated heterocycles. The third-order valence-electron chi connectivity index (χ3n) is 5.23. The number of rotatable bonds is 13. The van der Waals surface area contributed by atoms with Crippen LogP contribution < -0.4 is 10.6 Å². The molecule has 1 aromatic rings. The van der Waals surface area contributed by atoms with Crippen molar-refractivity contribution in [1.29, 1.82) is 0 Å². The van der Waals surface area contributed by atoms with E-state index in [-0.39, 0.29) is 25.3 Å². The van der Waals surface area contributed by atoms with Crippen LogP contribution in [0.2, 0.25) is 0 Å². The Morgan fingerprint density at radius 1 is 1.15 bits per heavy atom. The van der Waals surface area contributed by atoms with Crippen LogP contribution in [0, 0.1) is 5.41 Å². The van der Waals surface area contributed by atoms with Crippen LogP contribution in [0.4, 0.5) is 4.79 Å². The summed E-state index contributed by atoms with van der Waals surface area (Å²) in [6.45, 7) is 1.58. The number of alkyl carbamates (subject to hydrolysis) is 1. The van der Waals surface area contributed by atoms with Gasteiger partial charge in [-0.1, -0.05) is 44.2 Å². The molecule has 1 unspecified atom stereocenters. The molecule has 2 rings (SSSR count). The first-order valence-corrected chi connectivity index (χ1v) is 13.7. The van der Waals surface area contributed by atoms with Gasteiger partial charge in [-0.2, -0.15) is 12.6 Å². The van der Waals surface area contributed by atoms with E-state index in [1.54, 1.807) is 44.2 Å². The molecule has 1 aromatic carbocycles. The van der Waals surface area contributed by atoms with Gasteiger partial charge in [-0.15, -0.1) is 0 Å². The summed E-state index contributed by atoms with van der Waals surface area (Å²) < 4.78 is 42.5. The molecule has 0 radical (unpaired) electrons. The normalized spacial score (nSPS) is 20.7. The maximum absolute atomic E-state index is 12.8. The van der Waals surface area contributed by atoms with Gasteiger partial charge in [0.2, 0.25) is 12.7 Å². The monoisotopic (exact) mass is 590 g/mol. The van der Waals surface area contributed by atoms with Gasteiger partial charge < -0.3 is 24.8 Å². The Hall–Kier alpha value is -2.97. The SMILES string of the molecule is COC(=O)CCNC(=O)[C@@H]1OP(=O)(OCOC(=O)N[C@@H](CS)C(=O)OCC(=O)c2ccccc2)OCC1(C)C. The minimum atomic E-state index is -4.33. The van der Waals surface area contributed by atoms with Crippen molar-refractivity contribution >= 4 is 50.2 Å². The molecule has 1 aliphatic heterocycles. The maximum atomic E-state index is 12.8. The molecule has 1 heterocycles. The highest BCUT2D eigenvalue weighted by molar-refractivity contribution is 7.80. The summed E-state index contributed by atoms with van der Waals surface area (Å²) in [7, 11) is -3.12. The molecule has 0 spiro atoms. The summed E-state index contributed by atoms with van der Waals surface area (Å²) >= 11 is 3.98. The molecule has 1 fully saturated rings. The van der Waals surface area contributed by atoms with Crippen LogP contribution >= 0.6 is 20.5 Å². The fourth-order valence-electron chi connectivity index (χ4n) is 3.03. The number of ether oxygens (including phenoxy) is 3. The van der Waals surface area contributed by atoms with Crippen molar-refractivity contribution in [3.8, 4) is 0 Å². The average molecular weight is 591 g/mol. The topological polar surface area (TPSA) is 182 Å². The van der Waals surface area contributed by atoms with E-state index < -0.39 is 68.5 Å². The van der Waals surface area contributed by atoms with Crippen LogP contribution in [0.3, 0.4) is 0 Å². The van der Waals surface area contributed by atoms with Gasteiger partial charge in [0.15, 0.2) is 18.5 Å². The van der Waals surface area contributed by atoms with Gasteiger partial charge >= 0.3 is 25.9 Å². The summed E-state index contributed by atoms with van der Waals surface area (Å²) in [6, 6.07) is 6.91. The number of benzene rings is 1. The van der Waals surface area contributed by atoms with E-state index in [4.69, 9.17) is 23.0 Å². The fraction of sp³-hybridized carbons (Fsp3) is 0.522. The summed E-state index contributed by atoms with van der Waals surface area (Å²) in [6.07, 6.45) is -2.50. The number of carbonyl (C=O) groups excluding carboxylic acids is 5. The zero-order valence-electron chi connectivity index (χ0n) is 21.6. The molecule has 0 bridgehead atoms. The van der Waals surface area contributed by atoms with E-state index in [1.807, 2.05) is 0 Å². The second-order valence-corrected chi connectivity index (χ2v) is 10.8. The first-order chi connectivity index (χ1) is 18.4. The average Bonchev–Trinajstić information content (AvgIpc) is 2.92. The van der Waals surface area contributed by atoms with E-state index >= 15 is 0 Å². The molecule has 3 atom stereocenters. The Bertz CT molecular complexity index is 1080. The molecule has 14 nitrogen and oxygen atoms in total. The van der Waals surface area contributed by atoms with Crippen molar-refractivity contribution in [2.75, 3.05) is 39.4 Å². The number of amides is 2. The molecule has 39 heavy (non-hydrogen) atoms. The lowest BCUT2D eigenvalue weighted by atomic mass is 9.87. The number of hydrogen-bond acceptors (Lipinski definition) is 13.